The minimum absolute atomic E-state index is 0.483. The van der Waals surface area contributed by atoms with Crippen LogP contribution in [0.25, 0.3) is 0 Å². The molecule has 0 heterocycles. The van der Waals surface area contributed by atoms with E-state index in [1.54, 1.807) is 0 Å². The molecule has 0 rings (SSSR count). The summed E-state index contributed by atoms with van der Waals surface area (Å²) in [7, 11) is -4.29. The number of hydrogen-bond acceptors (Lipinski definition) is 6. The maximum atomic E-state index is 8.58. The van der Waals surface area contributed by atoms with E-state index in [1.165, 1.54) is 180 Å². The Bertz CT molecular complexity index is 444. The predicted molar refractivity (Wildman–Crippen MR) is 194 cm³/mol. The van der Waals surface area contributed by atoms with E-state index in [1.807, 2.05) is 0 Å². The molecule has 0 spiro atoms. The molecular weight excluding hydrogens is 590 g/mol. The van der Waals surface area contributed by atoms with Crippen LogP contribution in [0, 0.1) is 0 Å². The molecular formula is C36H78O6P2. The lowest BCUT2D eigenvalue weighted by Crippen LogP contribution is -1.89. The van der Waals surface area contributed by atoms with Crippen LogP contribution in [0.4, 0.5) is 0 Å². The lowest BCUT2D eigenvalue weighted by molar-refractivity contribution is 0.247. The zero-order valence-electron chi connectivity index (χ0n) is 29.5. The average Bonchev–Trinajstić information content (AvgIpc) is 3.00. The van der Waals surface area contributed by atoms with Gasteiger partial charge in [0.15, 0.2) is 0 Å². The van der Waals surface area contributed by atoms with Crippen LogP contribution in [-0.4, -0.2) is 32.8 Å². The molecule has 268 valence electrons. The van der Waals surface area contributed by atoms with Crippen molar-refractivity contribution in [3.8, 4) is 0 Å². The summed E-state index contributed by atoms with van der Waals surface area (Å²) in [6.07, 6.45) is 43.1. The van der Waals surface area contributed by atoms with Crippen molar-refractivity contribution in [1.29, 1.82) is 0 Å². The van der Waals surface area contributed by atoms with Crippen molar-refractivity contribution in [1.82, 2.24) is 0 Å². The molecule has 0 saturated carbocycles. The van der Waals surface area contributed by atoms with Crippen LogP contribution in [0.1, 0.15) is 219 Å². The summed E-state index contributed by atoms with van der Waals surface area (Å²) >= 11 is 0. The molecule has 0 amide bonds. The topological polar surface area (TPSA) is 99.4 Å². The van der Waals surface area contributed by atoms with Crippen molar-refractivity contribution in [3.63, 3.8) is 0 Å². The van der Waals surface area contributed by atoms with Gasteiger partial charge in [-0.3, -0.25) is 0 Å². The fraction of sp³-hybridized carbons (Fsp3) is 1.00. The summed E-state index contributed by atoms with van der Waals surface area (Å²) < 4.78 is 9.47. The Labute approximate surface area is 277 Å². The maximum absolute atomic E-state index is 8.58. The van der Waals surface area contributed by atoms with Crippen LogP contribution in [0.5, 0.6) is 0 Å². The van der Waals surface area contributed by atoms with E-state index in [0.29, 0.717) is 13.2 Å². The highest BCUT2D eigenvalue weighted by molar-refractivity contribution is 7.39. The molecule has 0 atom stereocenters. The summed E-state index contributed by atoms with van der Waals surface area (Å²) in [4.78, 5) is 34.3. The van der Waals surface area contributed by atoms with E-state index >= 15 is 0 Å². The molecule has 0 unspecified atom stereocenters. The Morgan fingerprint density at radius 3 is 0.591 bits per heavy atom. The first-order valence-corrected chi connectivity index (χ1v) is 21.5. The van der Waals surface area contributed by atoms with E-state index in [-0.39, 0.29) is 0 Å². The van der Waals surface area contributed by atoms with Gasteiger partial charge in [0.1, 0.15) is 0 Å². The van der Waals surface area contributed by atoms with Gasteiger partial charge in [-0.25, -0.2) is 0 Å². The highest BCUT2D eigenvalue weighted by atomic mass is 31.2. The van der Waals surface area contributed by atoms with Crippen LogP contribution in [0.3, 0.4) is 0 Å². The molecule has 0 aliphatic heterocycles. The van der Waals surface area contributed by atoms with Crippen molar-refractivity contribution in [2.45, 2.75) is 219 Å². The molecule has 0 saturated heterocycles. The Hall–Kier alpha value is 0.620. The van der Waals surface area contributed by atoms with Crippen LogP contribution in [0.15, 0.2) is 0 Å². The van der Waals surface area contributed by atoms with Crippen molar-refractivity contribution in [2.75, 3.05) is 13.2 Å². The molecule has 0 aliphatic rings. The molecule has 0 aliphatic carbocycles. The molecule has 8 heteroatoms. The second-order valence-corrected chi connectivity index (χ2v) is 14.3. The zero-order chi connectivity index (χ0) is 32.6. The van der Waals surface area contributed by atoms with Gasteiger partial charge < -0.3 is 28.6 Å². The molecule has 0 aromatic rings. The van der Waals surface area contributed by atoms with Gasteiger partial charge in [-0.05, 0) is 12.8 Å². The van der Waals surface area contributed by atoms with Gasteiger partial charge in [0.05, 0.1) is 13.2 Å². The molecule has 0 radical (unpaired) electrons. The first-order valence-electron chi connectivity index (χ1n) is 19.2. The molecule has 0 aromatic heterocycles. The third-order valence-corrected chi connectivity index (χ3v) is 9.24. The van der Waals surface area contributed by atoms with Crippen molar-refractivity contribution >= 4 is 17.2 Å². The molecule has 0 aromatic carbocycles. The summed E-state index contributed by atoms with van der Waals surface area (Å²) in [6.45, 7) is 5.52. The third kappa shape index (κ3) is 49.5. The fourth-order valence-corrected chi connectivity index (χ4v) is 6.18. The standard InChI is InChI=1S/2C18H39O3P/c2*1-2-3-4-5-6-7-8-9-10-11-12-13-14-15-16-17-18-21-22(19)20/h2*19-20H,2-18H2,1H3. The molecule has 0 bridgehead atoms. The average molecular weight is 669 g/mol. The van der Waals surface area contributed by atoms with Gasteiger partial charge in [-0.2, -0.15) is 0 Å². The Kier molecular flexibility index (Phi) is 46.3. The second kappa shape index (κ2) is 43.6. The molecule has 44 heavy (non-hydrogen) atoms. The molecule has 6 nitrogen and oxygen atoms in total. The monoisotopic (exact) mass is 669 g/mol. The minimum Gasteiger partial charge on any atom is -0.328 e. The van der Waals surface area contributed by atoms with Gasteiger partial charge in [0.2, 0.25) is 0 Å². The summed E-state index contributed by atoms with van der Waals surface area (Å²) in [5.41, 5.74) is 0. The van der Waals surface area contributed by atoms with Gasteiger partial charge in [-0.1, -0.05) is 206 Å². The van der Waals surface area contributed by atoms with Gasteiger partial charge in [0, 0.05) is 0 Å². The van der Waals surface area contributed by atoms with Crippen molar-refractivity contribution in [3.05, 3.63) is 0 Å². The second-order valence-electron chi connectivity index (χ2n) is 12.8. The lowest BCUT2D eigenvalue weighted by Gasteiger charge is -2.04. The van der Waals surface area contributed by atoms with Gasteiger partial charge >= 0.3 is 17.2 Å². The van der Waals surface area contributed by atoms with E-state index in [9.17, 15) is 0 Å². The summed E-state index contributed by atoms with van der Waals surface area (Å²) in [5, 5.41) is 0. The maximum Gasteiger partial charge on any atom is 0.327 e. The zero-order valence-corrected chi connectivity index (χ0v) is 31.3. The summed E-state index contributed by atoms with van der Waals surface area (Å²) in [6, 6.07) is 0. The summed E-state index contributed by atoms with van der Waals surface area (Å²) in [5.74, 6) is 0. The van der Waals surface area contributed by atoms with Crippen molar-refractivity contribution < 1.29 is 28.6 Å². The fourth-order valence-electron chi connectivity index (χ4n) is 5.59. The highest BCUT2D eigenvalue weighted by Crippen LogP contribution is 2.25. The predicted octanol–water partition coefficient (Wildman–Crippen LogP) is 13.0. The third-order valence-electron chi connectivity index (χ3n) is 8.41. The molecule has 0 fully saturated rings. The Balaban J connectivity index is 0. The van der Waals surface area contributed by atoms with Crippen LogP contribution in [0.2, 0.25) is 0 Å². The van der Waals surface area contributed by atoms with Gasteiger partial charge in [-0.15, -0.1) is 0 Å². The Morgan fingerprint density at radius 1 is 0.273 bits per heavy atom. The number of rotatable bonds is 36. The highest BCUT2D eigenvalue weighted by Gasteiger charge is 2.00. The van der Waals surface area contributed by atoms with Gasteiger partial charge in [0.25, 0.3) is 0 Å². The SMILES string of the molecule is CCCCCCCCCCCCCCCCCCOP(O)O.CCCCCCCCCCCCCCCCCCOP(O)O. The first-order chi connectivity index (χ1) is 21.5. The molecule has 4 N–H and O–H groups in total. The van der Waals surface area contributed by atoms with Crippen molar-refractivity contribution in [2.24, 2.45) is 0 Å². The van der Waals surface area contributed by atoms with E-state index in [2.05, 4.69) is 13.8 Å². The van der Waals surface area contributed by atoms with E-state index in [4.69, 9.17) is 28.6 Å². The quantitative estimate of drug-likeness (QED) is 0.0392. The van der Waals surface area contributed by atoms with E-state index in [0.717, 1.165) is 25.7 Å². The van der Waals surface area contributed by atoms with E-state index < -0.39 is 17.2 Å². The largest absolute Gasteiger partial charge is 0.328 e. The Morgan fingerprint density at radius 2 is 0.432 bits per heavy atom. The minimum atomic E-state index is -2.14. The number of unbranched alkanes of at least 4 members (excludes halogenated alkanes) is 30. The first kappa shape index (κ1) is 46.7. The smallest absolute Gasteiger partial charge is 0.327 e. The lowest BCUT2D eigenvalue weighted by atomic mass is 10.0. The normalized spacial score (nSPS) is 11.5. The van der Waals surface area contributed by atoms with Crippen LogP contribution in [-0.2, 0) is 9.05 Å². The van der Waals surface area contributed by atoms with Crippen LogP contribution >= 0.6 is 17.2 Å². The van der Waals surface area contributed by atoms with Crippen LogP contribution < -0.4 is 0 Å². The number of hydrogen-bond donors (Lipinski definition) is 4.